The second kappa shape index (κ2) is 8.93. The number of halogens is 4. The highest BCUT2D eigenvalue weighted by molar-refractivity contribution is 6.00. The topological polar surface area (TPSA) is 85.7 Å². The molecule has 2 aliphatic heterocycles. The van der Waals surface area contributed by atoms with Crippen molar-refractivity contribution in [1.82, 2.24) is 14.7 Å². The zero-order chi connectivity index (χ0) is 24.7. The number of nitrogens with one attached hydrogen (secondary N) is 1. The van der Waals surface area contributed by atoms with Gasteiger partial charge in [-0.15, -0.1) is 0 Å². The van der Waals surface area contributed by atoms with Gasteiger partial charge in [-0.3, -0.25) is 9.59 Å². The third-order valence-corrected chi connectivity index (χ3v) is 5.72. The first-order valence-corrected chi connectivity index (χ1v) is 10.6. The molecule has 1 N–H and O–H groups in total. The molecule has 0 atom stereocenters. The number of ether oxygens (including phenoxy) is 2. The molecular weight excluding hydrogens is 472 g/mol. The largest absolute Gasteiger partial charge is 0.490 e. The maximum Gasteiger partial charge on any atom is 0.333 e. The summed E-state index contributed by atoms with van der Waals surface area (Å²) in [7, 11) is 0. The Balaban J connectivity index is 1.17. The molecule has 0 saturated carbocycles. The van der Waals surface area contributed by atoms with E-state index in [1.165, 1.54) is 35.4 Å². The van der Waals surface area contributed by atoms with Gasteiger partial charge in [-0.25, -0.2) is 13.5 Å². The van der Waals surface area contributed by atoms with Crippen LogP contribution in [0.4, 0.5) is 23.2 Å². The van der Waals surface area contributed by atoms with E-state index in [2.05, 4.69) is 10.4 Å². The number of likely N-dealkylation sites (tertiary alicyclic amines) is 1. The summed E-state index contributed by atoms with van der Waals surface area (Å²) in [5.41, 5.74) is 0.748. The van der Waals surface area contributed by atoms with Crippen molar-refractivity contribution in [2.45, 2.75) is 6.55 Å². The van der Waals surface area contributed by atoms with Gasteiger partial charge in [-0.2, -0.15) is 13.9 Å². The SMILES string of the molecule is O=C1COc2cc(F)c(C(=O)N3CC(COc4ccc(-c5cnn(C(F)F)c5)cc4F)C3)cc2N1. The van der Waals surface area contributed by atoms with Crippen LogP contribution in [0.1, 0.15) is 16.9 Å². The predicted octanol–water partition coefficient (Wildman–Crippen LogP) is 3.71. The van der Waals surface area contributed by atoms with Crippen molar-refractivity contribution < 1.29 is 36.6 Å². The number of benzene rings is 2. The van der Waals surface area contributed by atoms with Gasteiger partial charge in [-0.05, 0) is 23.8 Å². The van der Waals surface area contributed by atoms with Gasteiger partial charge in [-0.1, -0.05) is 6.07 Å². The van der Waals surface area contributed by atoms with Crippen LogP contribution in [0.25, 0.3) is 11.1 Å². The van der Waals surface area contributed by atoms with E-state index in [1.807, 2.05) is 0 Å². The highest BCUT2D eigenvalue weighted by atomic mass is 19.3. The van der Waals surface area contributed by atoms with Crippen LogP contribution < -0.4 is 14.8 Å². The first kappa shape index (κ1) is 22.7. The lowest BCUT2D eigenvalue weighted by Crippen LogP contribution is -2.52. The highest BCUT2D eigenvalue weighted by Crippen LogP contribution is 2.32. The average Bonchev–Trinajstić information content (AvgIpc) is 3.29. The standard InChI is InChI=1S/C23H18F4N4O4/c24-16-5-20-18(29-21(32)11-35-20)4-15(16)22(33)30-7-12(8-30)10-34-19-2-1-13(3-17(19)25)14-6-28-31(9-14)23(26)27/h1-6,9,12,23H,7-8,10-11H2,(H,29,32). The lowest BCUT2D eigenvalue weighted by molar-refractivity contribution is -0.118. The van der Waals surface area contributed by atoms with Gasteiger partial charge in [0, 0.05) is 36.8 Å². The van der Waals surface area contributed by atoms with Gasteiger partial charge >= 0.3 is 6.55 Å². The van der Waals surface area contributed by atoms with E-state index in [9.17, 15) is 27.2 Å². The van der Waals surface area contributed by atoms with Crippen molar-refractivity contribution in [1.29, 1.82) is 0 Å². The van der Waals surface area contributed by atoms with Crippen molar-refractivity contribution >= 4 is 17.5 Å². The average molecular weight is 490 g/mol. The number of nitrogens with zero attached hydrogens (tertiary/aromatic N) is 3. The summed E-state index contributed by atoms with van der Waals surface area (Å²) < 4.78 is 65.4. The van der Waals surface area contributed by atoms with Crippen LogP contribution >= 0.6 is 0 Å². The van der Waals surface area contributed by atoms with Crippen LogP contribution in [0.2, 0.25) is 0 Å². The number of aromatic nitrogens is 2. The lowest BCUT2D eigenvalue weighted by Gasteiger charge is -2.39. The molecule has 3 heterocycles. The third kappa shape index (κ3) is 4.51. The van der Waals surface area contributed by atoms with E-state index in [1.54, 1.807) is 0 Å². The summed E-state index contributed by atoms with van der Waals surface area (Å²) >= 11 is 0. The molecule has 0 bridgehead atoms. The van der Waals surface area contributed by atoms with E-state index in [0.29, 0.717) is 15.8 Å². The van der Waals surface area contributed by atoms with Gasteiger partial charge in [0.05, 0.1) is 24.1 Å². The molecule has 0 unspecified atom stereocenters. The molecule has 35 heavy (non-hydrogen) atoms. The smallest absolute Gasteiger partial charge is 0.333 e. The second-order valence-corrected chi connectivity index (χ2v) is 8.18. The Kier molecular flexibility index (Phi) is 5.79. The van der Waals surface area contributed by atoms with Crippen LogP contribution in [0.5, 0.6) is 11.5 Å². The number of hydrogen-bond donors (Lipinski definition) is 1. The molecule has 1 fully saturated rings. The number of anilines is 1. The molecule has 3 aromatic rings. The van der Waals surface area contributed by atoms with Gasteiger partial charge in [0.25, 0.3) is 11.8 Å². The zero-order valence-electron chi connectivity index (χ0n) is 18.0. The molecule has 0 radical (unpaired) electrons. The number of carbonyl (C=O) groups excluding carboxylic acids is 2. The lowest BCUT2D eigenvalue weighted by atomic mass is 9.99. The first-order chi connectivity index (χ1) is 16.8. The van der Waals surface area contributed by atoms with Crippen molar-refractivity contribution in [3.63, 3.8) is 0 Å². The summed E-state index contributed by atoms with van der Waals surface area (Å²) in [6.45, 7) is -2.32. The van der Waals surface area contributed by atoms with Crippen molar-refractivity contribution in [2.24, 2.45) is 5.92 Å². The predicted molar refractivity (Wildman–Crippen MR) is 114 cm³/mol. The summed E-state index contributed by atoms with van der Waals surface area (Å²) in [6, 6.07) is 6.40. The van der Waals surface area contributed by atoms with Gasteiger partial charge in [0.15, 0.2) is 18.2 Å². The molecule has 182 valence electrons. The van der Waals surface area contributed by atoms with E-state index >= 15 is 0 Å². The number of hydrogen-bond acceptors (Lipinski definition) is 5. The van der Waals surface area contributed by atoms with Crippen LogP contribution in [0, 0.1) is 17.6 Å². The molecule has 2 aliphatic rings. The quantitative estimate of drug-likeness (QED) is 0.533. The number of rotatable bonds is 6. The molecule has 2 aromatic carbocycles. The fourth-order valence-corrected chi connectivity index (χ4v) is 3.88. The Morgan fingerprint density at radius 3 is 2.69 bits per heavy atom. The van der Waals surface area contributed by atoms with Crippen LogP contribution in [-0.4, -0.2) is 52.8 Å². The van der Waals surface area contributed by atoms with E-state index in [4.69, 9.17) is 9.47 Å². The maximum atomic E-state index is 14.5. The molecular formula is C23H18F4N4O4. The fraction of sp³-hybridized carbons (Fsp3) is 0.261. The Morgan fingerprint density at radius 1 is 1.17 bits per heavy atom. The van der Waals surface area contributed by atoms with Crippen LogP contribution in [0.3, 0.4) is 0 Å². The van der Waals surface area contributed by atoms with E-state index in [-0.39, 0.29) is 55.0 Å². The Bertz CT molecular complexity index is 1310. The highest BCUT2D eigenvalue weighted by Gasteiger charge is 2.34. The minimum atomic E-state index is -2.79. The molecule has 0 spiro atoms. The first-order valence-electron chi connectivity index (χ1n) is 10.6. The molecule has 1 aromatic heterocycles. The summed E-state index contributed by atoms with van der Waals surface area (Å²) in [6.07, 6.45) is 2.33. The summed E-state index contributed by atoms with van der Waals surface area (Å²) in [5, 5.41) is 6.06. The summed E-state index contributed by atoms with van der Waals surface area (Å²) in [5.74, 6) is -2.31. The van der Waals surface area contributed by atoms with Gasteiger partial charge in [0.2, 0.25) is 0 Å². The van der Waals surface area contributed by atoms with Crippen LogP contribution in [0.15, 0.2) is 42.7 Å². The number of fused-ring (bicyclic) bond motifs is 1. The van der Waals surface area contributed by atoms with E-state index < -0.39 is 30.0 Å². The second-order valence-electron chi connectivity index (χ2n) is 8.18. The van der Waals surface area contributed by atoms with E-state index in [0.717, 1.165) is 12.3 Å². The normalized spacial score (nSPS) is 15.3. The van der Waals surface area contributed by atoms with Gasteiger partial charge < -0.3 is 19.7 Å². The van der Waals surface area contributed by atoms with Crippen molar-refractivity contribution in [2.75, 3.05) is 31.6 Å². The molecule has 5 rings (SSSR count). The van der Waals surface area contributed by atoms with Crippen molar-refractivity contribution in [3.8, 4) is 22.6 Å². The minimum Gasteiger partial charge on any atom is -0.490 e. The maximum absolute atomic E-state index is 14.5. The fourth-order valence-electron chi connectivity index (χ4n) is 3.88. The number of amides is 2. The molecule has 12 heteroatoms. The monoisotopic (exact) mass is 490 g/mol. The van der Waals surface area contributed by atoms with Crippen molar-refractivity contribution in [3.05, 3.63) is 59.9 Å². The molecule has 0 aliphatic carbocycles. The minimum absolute atomic E-state index is 0.0174. The molecule has 2 amide bonds. The van der Waals surface area contributed by atoms with Gasteiger partial charge in [0.1, 0.15) is 11.6 Å². The Labute approximate surface area is 196 Å². The van der Waals surface area contributed by atoms with Crippen LogP contribution in [-0.2, 0) is 4.79 Å². The summed E-state index contributed by atoms with van der Waals surface area (Å²) in [4.78, 5) is 25.6. The Morgan fingerprint density at radius 2 is 1.97 bits per heavy atom. The Hall–Kier alpha value is -4.09. The molecule has 8 nitrogen and oxygen atoms in total. The number of alkyl halides is 2. The number of carbonyl (C=O) groups is 2. The third-order valence-electron chi connectivity index (χ3n) is 5.72. The molecule has 1 saturated heterocycles. The zero-order valence-corrected chi connectivity index (χ0v) is 18.0.